The molecule has 0 aromatic carbocycles. The van der Waals surface area contributed by atoms with Crippen molar-refractivity contribution in [1.82, 2.24) is 15.6 Å². The molecule has 29 heavy (non-hydrogen) atoms. The number of nitrogens with zero attached hydrogens (tertiary/aromatic N) is 1. The van der Waals surface area contributed by atoms with Crippen LogP contribution in [0.3, 0.4) is 0 Å². The molecule has 1 atom stereocenters. The Kier molecular flexibility index (Phi) is 6.47. The van der Waals surface area contributed by atoms with Crippen molar-refractivity contribution in [3.8, 4) is 0 Å². The minimum Gasteiger partial charge on any atom is -0.395 e. The fraction of sp³-hybridized carbons (Fsp3) is 0.739. The zero-order valence-electron chi connectivity index (χ0n) is 17.4. The number of carbonyl (C=O) groups excluding carboxylic acids is 1. The molecule has 1 aromatic rings. The molecule has 0 aliphatic heterocycles. The van der Waals surface area contributed by atoms with Gasteiger partial charge in [0.25, 0.3) is 5.91 Å². The number of halogens is 1. The van der Waals surface area contributed by atoms with E-state index in [-0.39, 0.29) is 18.6 Å². The van der Waals surface area contributed by atoms with Crippen molar-refractivity contribution in [1.29, 1.82) is 0 Å². The summed E-state index contributed by atoms with van der Waals surface area (Å²) in [5, 5.41) is 16.0. The van der Waals surface area contributed by atoms with Gasteiger partial charge in [0, 0.05) is 24.5 Å². The highest BCUT2D eigenvalue weighted by atomic mass is 35.5. The average molecular weight is 420 g/mol. The molecule has 5 nitrogen and oxygen atoms in total. The Hall–Kier alpha value is -1.17. The molecule has 3 N–H and O–H groups in total. The average Bonchev–Trinajstić information content (AvgIpc) is 2.69. The molecule has 0 spiro atoms. The fourth-order valence-electron chi connectivity index (χ4n) is 6.34. The van der Waals surface area contributed by atoms with Crippen molar-refractivity contribution in [3.05, 3.63) is 28.5 Å². The third-order valence-corrected chi connectivity index (χ3v) is 7.62. The summed E-state index contributed by atoms with van der Waals surface area (Å²) in [6, 6.07) is 1.94. The van der Waals surface area contributed by atoms with Crippen LogP contribution >= 0.6 is 11.6 Å². The molecule has 4 aliphatic rings. The lowest BCUT2D eigenvalue weighted by atomic mass is 9.49. The van der Waals surface area contributed by atoms with Crippen LogP contribution in [0.15, 0.2) is 12.3 Å². The lowest BCUT2D eigenvalue weighted by Crippen LogP contribution is -2.51. The van der Waals surface area contributed by atoms with E-state index in [1.165, 1.54) is 38.5 Å². The SMILES string of the molecule is CC(CO)NCCCc1cc(C(=O)NCC23CC4CC(CC(C4)C2)C3)c(Cl)cn1. The van der Waals surface area contributed by atoms with Gasteiger partial charge in [-0.05, 0) is 94.1 Å². The third kappa shape index (κ3) is 4.95. The van der Waals surface area contributed by atoms with E-state index in [1.807, 2.05) is 13.0 Å². The number of amides is 1. The van der Waals surface area contributed by atoms with Crippen LogP contribution < -0.4 is 10.6 Å². The van der Waals surface area contributed by atoms with E-state index in [4.69, 9.17) is 16.7 Å². The van der Waals surface area contributed by atoms with Gasteiger partial charge in [-0.1, -0.05) is 11.6 Å². The molecule has 0 radical (unpaired) electrons. The number of hydrogen-bond donors (Lipinski definition) is 3. The first-order valence-electron chi connectivity index (χ1n) is 11.2. The molecule has 4 fully saturated rings. The zero-order valence-corrected chi connectivity index (χ0v) is 18.2. The molecular formula is C23H34ClN3O2. The number of aliphatic hydroxyl groups excluding tert-OH is 1. The summed E-state index contributed by atoms with van der Waals surface area (Å²) in [5.74, 6) is 2.59. The third-order valence-electron chi connectivity index (χ3n) is 7.32. The summed E-state index contributed by atoms with van der Waals surface area (Å²) in [5.41, 5.74) is 1.74. The minimum absolute atomic E-state index is 0.0681. The fourth-order valence-corrected chi connectivity index (χ4v) is 6.53. The van der Waals surface area contributed by atoms with Crippen molar-refractivity contribution < 1.29 is 9.90 Å². The van der Waals surface area contributed by atoms with Gasteiger partial charge in [-0.25, -0.2) is 0 Å². The van der Waals surface area contributed by atoms with E-state index in [0.29, 0.717) is 16.0 Å². The lowest BCUT2D eigenvalue weighted by Gasteiger charge is -2.56. The zero-order chi connectivity index (χ0) is 20.4. The van der Waals surface area contributed by atoms with Gasteiger partial charge in [0.15, 0.2) is 0 Å². The van der Waals surface area contributed by atoms with Crippen molar-refractivity contribution in [2.45, 2.75) is 64.3 Å². The van der Waals surface area contributed by atoms with E-state index >= 15 is 0 Å². The molecular weight excluding hydrogens is 386 g/mol. The van der Waals surface area contributed by atoms with Gasteiger partial charge in [0.2, 0.25) is 0 Å². The number of carbonyl (C=O) groups is 1. The molecule has 6 heteroatoms. The summed E-state index contributed by atoms with van der Waals surface area (Å²) >= 11 is 6.30. The molecule has 1 aromatic heterocycles. The van der Waals surface area contributed by atoms with Crippen molar-refractivity contribution in [2.75, 3.05) is 19.7 Å². The second-order valence-corrected chi connectivity index (χ2v) is 10.3. The van der Waals surface area contributed by atoms with E-state index in [9.17, 15) is 4.79 Å². The van der Waals surface area contributed by atoms with Crippen LogP contribution in [0, 0.1) is 23.2 Å². The van der Waals surface area contributed by atoms with E-state index in [0.717, 1.165) is 49.4 Å². The van der Waals surface area contributed by atoms with Crippen molar-refractivity contribution in [2.24, 2.45) is 23.2 Å². The molecule has 1 unspecified atom stereocenters. The van der Waals surface area contributed by atoms with E-state index in [1.54, 1.807) is 6.20 Å². The van der Waals surface area contributed by atoms with Gasteiger partial charge in [-0.2, -0.15) is 0 Å². The second-order valence-electron chi connectivity index (χ2n) is 9.90. The number of aromatic nitrogens is 1. The summed E-state index contributed by atoms with van der Waals surface area (Å²) in [7, 11) is 0. The maximum Gasteiger partial charge on any atom is 0.252 e. The number of nitrogens with one attached hydrogen (secondary N) is 2. The number of rotatable bonds is 9. The van der Waals surface area contributed by atoms with Gasteiger partial charge in [0.1, 0.15) is 0 Å². The van der Waals surface area contributed by atoms with Crippen molar-refractivity contribution in [3.63, 3.8) is 0 Å². The Balaban J connectivity index is 1.32. The summed E-state index contributed by atoms with van der Waals surface area (Å²) in [6.45, 7) is 3.67. The first-order valence-corrected chi connectivity index (χ1v) is 11.6. The van der Waals surface area contributed by atoms with Crippen LogP contribution in [0.5, 0.6) is 0 Å². The number of aliphatic hydroxyl groups is 1. The molecule has 0 saturated heterocycles. The lowest BCUT2D eigenvalue weighted by molar-refractivity contribution is -0.0503. The van der Waals surface area contributed by atoms with Crippen LogP contribution in [0.4, 0.5) is 0 Å². The minimum atomic E-state index is -0.0681. The Morgan fingerprint density at radius 1 is 1.28 bits per heavy atom. The molecule has 5 rings (SSSR count). The molecule has 4 aliphatic carbocycles. The Morgan fingerprint density at radius 3 is 2.55 bits per heavy atom. The van der Waals surface area contributed by atoms with Crippen LogP contribution in [-0.4, -0.2) is 41.7 Å². The standard InChI is InChI=1S/C23H34ClN3O2/c1-15(13-28)25-4-2-3-19-8-20(21(24)12-26-19)22(29)27-14-23-9-16-5-17(10-23)7-18(6-16)11-23/h8,12,15-18,25,28H,2-7,9-11,13-14H2,1H3,(H,27,29). The molecule has 160 valence electrons. The van der Waals surface area contributed by atoms with Crippen LogP contribution in [0.2, 0.25) is 5.02 Å². The molecule has 1 amide bonds. The van der Waals surface area contributed by atoms with E-state index < -0.39 is 0 Å². The van der Waals surface area contributed by atoms with Gasteiger partial charge < -0.3 is 15.7 Å². The highest BCUT2D eigenvalue weighted by Crippen LogP contribution is 2.59. The highest BCUT2D eigenvalue weighted by Gasteiger charge is 2.50. The van der Waals surface area contributed by atoms with Crippen LogP contribution in [0.25, 0.3) is 0 Å². The largest absolute Gasteiger partial charge is 0.395 e. The number of pyridine rings is 1. The predicted molar refractivity (Wildman–Crippen MR) is 115 cm³/mol. The summed E-state index contributed by atoms with van der Waals surface area (Å²) in [6.07, 6.45) is 11.4. The van der Waals surface area contributed by atoms with Gasteiger partial charge in [-0.15, -0.1) is 0 Å². The maximum atomic E-state index is 12.9. The Labute approximate surface area is 179 Å². The quantitative estimate of drug-likeness (QED) is 0.535. The van der Waals surface area contributed by atoms with E-state index in [2.05, 4.69) is 15.6 Å². The maximum absolute atomic E-state index is 12.9. The summed E-state index contributed by atoms with van der Waals surface area (Å²) in [4.78, 5) is 17.3. The first kappa shape index (κ1) is 21.1. The van der Waals surface area contributed by atoms with Gasteiger partial charge in [-0.3, -0.25) is 9.78 Å². The predicted octanol–water partition coefficient (Wildman–Crippen LogP) is 3.58. The highest BCUT2D eigenvalue weighted by molar-refractivity contribution is 6.33. The first-order chi connectivity index (χ1) is 14.0. The summed E-state index contributed by atoms with van der Waals surface area (Å²) < 4.78 is 0. The van der Waals surface area contributed by atoms with Crippen molar-refractivity contribution >= 4 is 17.5 Å². The molecule has 4 saturated carbocycles. The number of hydrogen-bond acceptors (Lipinski definition) is 4. The van der Waals surface area contributed by atoms with Crippen LogP contribution in [0.1, 0.15) is 67.9 Å². The normalized spacial score (nSPS) is 31.1. The smallest absolute Gasteiger partial charge is 0.252 e. The van der Waals surface area contributed by atoms with Gasteiger partial charge in [0.05, 0.1) is 17.2 Å². The molecule has 4 bridgehead atoms. The second kappa shape index (κ2) is 8.91. The van der Waals surface area contributed by atoms with Crippen LogP contribution in [-0.2, 0) is 6.42 Å². The topological polar surface area (TPSA) is 74.2 Å². The van der Waals surface area contributed by atoms with Gasteiger partial charge >= 0.3 is 0 Å². The monoisotopic (exact) mass is 419 g/mol. The Morgan fingerprint density at radius 2 is 1.93 bits per heavy atom. The number of aryl methyl sites for hydroxylation is 1. The Bertz CT molecular complexity index is 704. The molecule has 1 heterocycles.